The highest BCUT2D eigenvalue weighted by atomic mass is 16.5. The van der Waals surface area contributed by atoms with Crippen LogP contribution in [0.25, 0.3) is 10.9 Å². The van der Waals surface area contributed by atoms with Crippen LogP contribution >= 0.6 is 0 Å². The molecule has 0 aliphatic heterocycles. The molecule has 1 aromatic heterocycles. The van der Waals surface area contributed by atoms with E-state index < -0.39 is 0 Å². The van der Waals surface area contributed by atoms with Crippen LogP contribution in [0.2, 0.25) is 0 Å². The first-order chi connectivity index (χ1) is 9.75. The summed E-state index contributed by atoms with van der Waals surface area (Å²) >= 11 is 0. The van der Waals surface area contributed by atoms with Gasteiger partial charge < -0.3 is 4.74 Å². The molecule has 0 amide bonds. The van der Waals surface area contributed by atoms with Gasteiger partial charge in [0.05, 0.1) is 5.52 Å². The van der Waals surface area contributed by atoms with Crippen molar-refractivity contribution < 1.29 is 9.53 Å². The molecule has 0 atom stereocenters. The van der Waals surface area contributed by atoms with E-state index in [1.54, 1.807) is 17.7 Å². The Hall–Kier alpha value is -2.55. The predicted octanol–water partition coefficient (Wildman–Crippen LogP) is 3.88. The third-order valence-corrected chi connectivity index (χ3v) is 3.25. The molecule has 0 unspecified atom stereocenters. The SMILES string of the molecule is CC(=O)n1ccc2cccc(OCc3ccccc3)c21. The van der Waals surface area contributed by atoms with Crippen LogP contribution in [0.5, 0.6) is 5.75 Å². The summed E-state index contributed by atoms with van der Waals surface area (Å²) in [4.78, 5) is 11.7. The standard InChI is InChI=1S/C17H15NO2/c1-13(19)18-11-10-15-8-5-9-16(17(15)18)20-12-14-6-3-2-4-7-14/h2-11H,12H2,1H3. The first-order valence-corrected chi connectivity index (χ1v) is 6.53. The maximum Gasteiger partial charge on any atom is 0.228 e. The summed E-state index contributed by atoms with van der Waals surface area (Å²) in [7, 11) is 0. The fourth-order valence-electron chi connectivity index (χ4n) is 2.28. The minimum atomic E-state index is -0.0178. The van der Waals surface area contributed by atoms with Crippen LogP contribution in [-0.4, -0.2) is 10.5 Å². The van der Waals surface area contributed by atoms with E-state index in [2.05, 4.69) is 0 Å². The molecular formula is C17H15NO2. The molecule has 0 saturated carbocycles. The number of carbonyl (C=O) groups excluding carboxylic acids is 1. The van der Waals surface area contributed by atoms with Gasteiger partial charge in [0.25, 0.3) is 0 Å². The Kier molecular flexibility index (Phi) is 3.25. The Labute approximate surface area is 117 Å². The Balaban J connectivity index is 1.95. The number of nitrogens with zero attached hydrogens (tertiary/aromatic N) is 1. The molecule has 3 heteroatoms. The van der Waals surface area contributed by atoms with Crippen molar-refractivity contribution in [2.24, 2.45) is 0 Å². The van der Waals surface area contributed by atoms with E-state index in [1.165, 1.54) is 0 Å². The van der Waals surface area contributed by atoms with Gasteiger partial charge in [-0.25, -0.2) is 0 Å². The molecule has 0 N–H and O–H groups in total. The summed E-state index contributed by atoms with van der Waals surface area (Å²) in [5.74, 6) is 0.710. The van der Waals surface area contributed by atoms with Crippen molar-refractivity contribution in [3.8, 4) is 5.75 Å². The van der Waals surface area contributed by atoms with Gasteiger partial charge in [0.2, 0.25) is 5.91 Å². The molecule has 20 heavy (non-hydrogen) atoms. The van der Waals surface area contributed by atoms with Crippen molar-refractivity contribution in [2.45, 2.75) is 13.5 Å². The van der Waals surface area contributed by atoms with Crippen LogP contribution in [0.4, 0.5) is 0 Å². The zero-order valence-electron chi connectivity index (χ0n) is 11.2. The van der Waals surface area contributed by atoms with Crippen molar-refractivity contribution in [2.75, 3.05) is 0 Å². The van der Waals surface area contributed by atoms with Gasteiger partial charge in [-0.3, -0.25) is 9.36 Å². The topological polar surface area (TPSA) is 31.2 Å². The molecule has 0 radical (unpaired) electrons. The lowest BCUT2D eigenvalue weighted by Gasteiger charge is -2.09. The van der Waals surface area contributed by atoms with Crippen LogP contribution < -0.4 is 4.74 Å². The second-order valence-electron chi connectivity index (χ2n) is 4.67. The van der Waals surface area contributed by atoms with Gasteiger partial charge in [-0.2, -0.15) is 0 Å². The van der Waals surface area contributed by atoms with E-state index in [9.17, 15) is 4.79 Å². The Morgan fingerprint density at radius 3 is 2.60 bits per heavy atom. The highest BCUT2D eigenvalue weighted by molar-refractivity contribution is 5.94. The zero-order chi connectivity index (χ0) is 13.9. The molecule has 0 fully saturated rings. The van der Waals surface area contributed by atoms with Crippen LogP contribution in [0.1, 0.15) is 17.3 Å². The number of carbonyl (C=O) groups is 1. The van der Waals surface area contributed by atoms with Gasteiger partial charge in [-0.05, 0) is 17.7 Å². The number of benzene rings is 2. The second-order valence-corrected chi connectivity index (χ2v) is 4.67. The van der Waals surface area contributed by atoms with E-state index in [4.69, 9.17) is 4.74 Å². The molecular weight excluding hydrogens is 250 g/mol. The number of rotatable bonds is 3. The Morgan fingerprint density at radius 1 is 1.05 bits per heavy atom. The molecule has 3 rings (SSSR count). The quantitative estimate of drug-likeness (QED) is 0.719. The average Bonchev–Trinajstić information content (AvgIpc) is 2.91. The fourth-order valence-corrected chi connectivity index (χ4v) is 2.28. The van der Waals surface area contributed by atoms with Crippen LogP contribution in [0.3, 0.4) is 0 Å². The molecule has 3 nitrogen and oxygen atoms in total. The molecule has 0 aliphatic carbocycles. The largest absolute Gasteiger partial charge is 0.487 e. The Bertz CT molecular complexity index is 744. The lowest BCUT2D eigenvalue weighted by atomic mass is 10.2. The molecule has 100 valence electrons. The summed E-state index contributed by atoms with van der Waals surface area (Å²) in [6.45, 7) is 2.04. The van der Waals surface area contributed by atoms with Crippen molar-refractivity contribution in [1.29, 1.82) is 0 Å². The number of fused-ring (bicyclic) bond motifs is 1. The summed E-state index contributed by atoms with van der Waals surface area (Å²) in [6.07, 6.45) is 1.78. The molecule has 0 saturated heterocycles. The summed E-state index contributed by atoms with van der Waals surface area (Å²) < 4.78 is 7.50. The smallest absolute Gasteiger partial charge is 0.228 e. The first-order valence-electron chi connectivity index (χ1n) is 6.53. The number of hydrogen-bond acceptors (Lipinski definition) is 2. The minimum absolute atomic E-state index is 0.0178. The van der Waals surface area contributed by atoms with Crippen LogP contribution in [-0.2, 0) is 6.61 Å². The highest BCUT2D eigenvalue weighted by Crippen LogP contribution is 2.27. The van der Waals surface area contributed by atoms with E-state index in [1.807, 2.05) is 54.6 Å². The number of para-hydroxylation sites is 1. The second kappa shape index (κ2) is 5.21. The molecule has 2 aromatic carbocycles. The molecule has 3 aromatic rings. The summed E-state index contributed by atoms with van der Waals surface area (Å²) in [6, 6.07) is 17.7. The van der Waals surface area contributed by atoms with Gasteiger partial charge in [0, 0.05) is 18.5 Å². The van der Waals surface area contributed by atoms with Crippen molar-refractivity contribution in [1.82, 2.24) is 4.57 Å². The van der Waals surface area contributed by atoms with E-state index in [0.717, 1.165) is 22.2 Å². The van der Waals surface area contributed by atoms with Crippen molar-refractivity contribution in [3.63, 3.8) is 0 Å². The summed E-state index contributed by atoms with van der Waals surface area (Å²) in [5.41, 5.74) is 1.93. The van der Waals surface area contributed by atoms with Gasteiger partial charge >= 0.3 is 0 Å². The predicted molar refractivity (Wildman–Crippen MR) is 79.0 cm³/mol. The maximum absolute atomic E-state index is 11.7. The Morgan fingerprint density at radius 2 is 1.85 bits per heavy atom. The molecule has 0 aliphatic rings. The number of aromatic nitrogens is 1. The minimum Gasteiger partial charge on any atom is -0.487 e. The first kappa shape index (κ1) is 12.5. The third-order valence-electron chi connectivity index (χ3n) is 3.25. The van der Waals surface area contributed by atoms with Gasteiger partial charge in [0.1, 0.15) is 12.4 Å². The lowest BCUT2D eigenvalue weighted by molar-refractivity contribution is 0.0941. The van der Waals surface area contributed by atoms with E-state index >= 15 is 0 Å². The van der Waals surface area contributed by atoms with Crippen molar-refractivity contribution >= 4 is 16.8 Å². The average molecular weight is 265 g/mol. The van der Waals surface area contributed by atoms with Gasteiger partial charge in [-0.1, -0.05) is 42.5 Å². The van der Waals surface area contributed by atoms with Gasteiger partial charge in [0.15, 0.2) is 0 Å². The normalized spacial score (nSPS) is 10.7. The van der Waals surface area contributed by atoms with Crippen LogP contribution in [0, 0.1) is 0 Å². The fraction of sp³-hybridized carbons (Fsp3) is 0.118. The monoisotopic (exact) mass is 265 g/mol. The van der Waals surface area contributed by atoms with E-state index in [0.29, 0.717) is 6.61 Å². The zero-order valence-corrected chi connectivity index (χ0v) is 11.2. The number of hydrogen-bond donors (Lipinski definition) is 0. The van der Waals surface area contributed by atoms with Crippen molar-refractivity contribution in [3.05, 3.63) is 66.4 Å². The highest BCUT2D eigenvalue weighted by Gasteiger charge is 2.10. The molecule has 0 spiro atoms. The van der Waals surface area contributed by atoms with Gasteiger partial charge in [-0.15, -0.1) is 0 Å². The maximum atomic E-state index is 11.7. The van der Waals surface area contributed by atoms with E-state index in [-0.39, 0.29) is 5.91 Å². The molecule has 1 heterocycles. The lowest BCUT2D eigenvalue weighted by Crippen LogP contribution is -2.05. The third kappa shape index (κ3) is 2.30. The molecule has 0 bridgehead atoms. The number of ether oxygens (including phenoxy) is 1. The van der Waals surface area contributed by atoms with Crippen LogP contribution in [0.15, 0.2) is 60.8 Å². The summed E-state index contributed by atoms with van der Waals surface area (Å²) in [5, 5.41) is 1.01.